The Morgan fingerprint density at radius 2 is 1.72 bits per heavy atom. The van der Waals surface area contributed by atoms with Crippen molar-refractivity contribution >= 4 is 0 Å². The molecule has 0 aromatic rings. The van der Waals surface area contributed by atoms with E-state index in [1.54, 1.807) is 5.57 Å². The fraction of sp³-hybridized carbons (Fsp3) is 0.871. The normalized spacial score (nSPS) is 45.5. The highest BCUT2D eigenvalue weighted by molar-refractivity contribution is 5.38. The van der Waals surface area contributed by atoms with Crippen LogP contribution in [0.5, 0.6) is 0 Å². The third kappa shape index (κ3) is 3.50. The van der Waals surface area contributed by atoms with Gasteiger partial charge in [0.25, 0.3) is 0 Å². The van der Waals surface area contributed by atoms with E-state index in [2.05, 4.69) is 61.5 Å². The van der Waals surface area contributed by atoms with E-state index < -0.39 is 0 Å². The molecule has 0 aromatic carbocycles. The van der Waals surface area contributed by atoms with Gasteiger partial charge in [0.05, 0.1) is 6.10 Å². The third-order valence-corrected chi connectivity index (χ3v) is 12.1. The van der Waals surface area contributed by atoms with Crippen LogP contribution in [0.1, 0.15) is 120 Å². The summed E-state index contributed by atoms with van der Waals surface area (Å²) in [5, 5.41) is 10.6. The summed E-state index contributed by atoms with van der Waals surface area (Å²) < 4.78 is 0. The molecule has 0 radical (unpaired) electrons. The van der Waals surface area contributed by atoms with Gasteiger partial charge in [-0.15, -0.1) is 0 Å². The molecule has 0 spiro atoms. The van der Waals surface area contributed by atoms with E-state index in [9.17, 15) is 5.11 Å². The lowest BCUT2D eigenvalue weighted by Crippen LogP contribution is -2.51. The fourth-order valence-electron chi connectivity index (χ4n) is 9.61. The largest absolute Gasteiger partial charge is 0.393 e. The zero-order chi connectivity index (χ0) is 23.5. The maximum absolute atomic E-state index is 10.6. The molecule has 4 rings (SSSR count). The van der Waals surface area contributed by atoms with Crippen LogP contribution in [0, 0.1) is 45.8 Å². The van der Waals surface area contributed by atoms with Crippen LogP contribution in [-0.2, 0) is 0 Å². The van der Waals surface area contributed by atoms with Gasteiger partial charge < -0.3 is 5.11 Å². The van der Waals surface area contributed by atoms with Crippen LogP contribution in [0.2, 0.25) is 0 Å². The molecule has 2 saturated carbocycles. The minimum Gasteiger partial charge on any atom is -0.393 e. The number of hydrogen-bond acceptors (Lipinski definition) is 1. The molecule has 4 aliphatic rings. The molecule has 0 aromatic heterocycles. The van der Waals surface area contributed by atoms with Gasteiger partial charge in [0.15, 0.2) is 0 Å². The number of rotatable bonds is 5. The SMILES string of the molecule is CC=C(CCC(C)C1CCC2(C)C3=C(CCC12C)C1(C)CCC(O)C(C)C1CC3)C(C)C. The lowest BCUT2D eigenvalue weighted by atomic mass is 9.45. The van der Waals surface area contributed by atoms with Crippen molar-refractivity contribution in [2.24, 2.45) is 45.8 Å². The van der Waals surface area contributed by atoms with Gasteiger partial charge in [-0.1, -0.05) is 71.3 Å². The summed E-state index contributed by atoms with van der Waals surface area (Å²) in [7, 11) is 0. The van der Waals surface area contributed by atoms with Gasteiger partial charge in [-0.25, -0.2) is 0 Å². The summed E-state index contributed by atoms with van der Waals surface area (Å²) in [4.78, 5) is 0. The Morgan fingerprint density at radius 1 is 1.00 bits per heavy atom. The van der Waals surface area contributed by atoms with E-state index in [0.29, 0.717) is 34.0 Å². The van der Waals surface area contributed by atoms with E-state index in [1.807, 2.05) is 11.1 Å². The number of aliphatic hydroxyl groups is 1. The summed E-state index contributed by atoms with van der Waals surface area (Å²) in [5.74, 6) is 3.51. The molecule has 0 bridgehead atoms. The lowest BCUT2D eigenvalue weighted by Gasteiger charge is -2.60. The first-order valence-corrected chi connectivity index (χ1v) is 14.1. The molecule has 0 aliphatic heterocycles. The summed E-state index contributed by atoms with van der Waals surface area (Å²) >= 11 is 0. The van der Waals surface area contributed by atoms with E-state index in [4.69, 9.17) is 0 Å². The number of allylic oxidation sites excluding steroid dienone is 4. The zero-order valence-corrected chi connectivity index (χ0v) is 22.6. The van der Waals surface area contributed by atoms with Gasteiger partial charge >= 0.3 is 0 Å². The van der Waals surface area contributed by atoms with Gasteiger partial charge in [-0.2, -0.15) is 0 Å². The summed E-state index contributed by atoms with van der Waals surface area (Å²) in [6, 6.07) is 0. The van der Waals surface area contributed by atoms with E-state index in [0.717, 1.165) is 18.3 Å². The molecule has 4 aliphatic carbocycles. The molecule has 2 fully saturated rings. The molecular weight excluding hydrogens is 388 g/mol. The first-order chi connectivity index (χ1) is 15.0. The highest BCUT2D eigenvalue weighted by Crippen LogP contribution is 2.71. The van der Waals surface area contributed by atoms with E-state index >= 15 is 0 Å². The van der Waals surface area contributed by atoms with Crippen molar-refractivity contribution in [1.29, 1.82) is 0 Å². The number of hydrogen-bond donors (Lipinski definition) is 1. The molecule has 1 N–H and O–H groups in total. The Balaban J connectivity index is 1.59. The third-order valence-electron chi connectivity index (χ3n) is 12.1. The average molecular weight is 441 g/mol. The van der Waals surface area contributed by atoms with Crippen molar-refractivity contribution < 1.29 is 5.11 Å². The van der Waals surface area contributed by atoms with Crippen LogP contribution in [-0.4, -0.2) is 11.2 Å². The van der Waals surface area contributed by atoms with Crippen LogP contribution in [0.15, 0.2) is 22.8 Å². The van der Waals surface area contributed by atoms with Crippen molar-refractivity contribution in [2.45, 2.75) is 126 Å². The van der Waals surface area contributed by atoms with Crippen LogP contribution < -0.4 is 0 Å². The molecule has 1 heteroatoms. The second-order valence-electron chi connectivity index (χ2n) is 13.4. The molecule has 32 heavy (non-hydrogen) atoms. The van der Waals surface area contributed by atoms with Crippen molar-refractivity contribution in [3.63, 3.8) is 0 Å². The second kappa shape index (κ2) is 8.58. The van der Waals surface area contributed by atoms with Crippen LogP contribution in [0.3, 0.4) is 0 Å². The molecule has 0 saturated heterocycles. The predicted octanol–water partition coefficient (Wildman–Crippen LogP) is 8.73. The Morgan fingerprint density at radius 3 is 2.38 bits per heavy atom. The van der Waals surface area contributed by atoms with Crippen molar-refractivity contribution in [1.82, 2.24) is 0 Å². The first kappa shape index (κ1) is 24.6. The predicted molar refractivity (Wildman–Crippen MR) is 137 cm³/mol. The molecule has 0 amide bonds. The maximum atomic E-state index is 10.6. The lowest BCUT2D eigenvalue weighted by molar-refractivity contribution is -0.0413. The monoisotopic (exact) mass is 440 g/mol. The molecular formula is C31H52O. The second-order valence-corrected chi connectivity index (χ2v) is 13.4. The molecule has 8 atom stereocenters. The van der Waals surface area contributed by atoms with Gasteiger partial charge in [-0.3, -0.25) is 0 Å². The van der Waals surface area contributed by atoms with E-state index in [1.165, 1.54) is 57.8 Å². The van der Waals surface area contributed by atoms with Crippen LogP contribution in [0.25, 0.3) is 0 Å². The Kier molecular flexibility index (Phi) is 6.59. The highest BCUT2D eigenvalue weighted by Gasteiger charge is 2.62. The fourth-order valence-corrected chi connectivity index (χ4v) is 9.61. The van der Waals surface area contributed by atoms with Gasteiger partial charge in [-0.05, 0) is 117 Å². The minimum atomic E-state index is -0.0794. The smallest absolute Gasteiger partial charge is 0.0569 e. The standard InChI is InChI=1S/C31H52O/c1-9-23(20(2)3)11-10-21(4)24-14-18-31(8)27-13-12-25-22(5)28(32)16-17-29(25,6)26(27)15-19-30(24,31)7/h9,20-22,24-25,28,32H,10-19H2,1-8H3. The quantitative estimate of drug-likeness (QED) is 0.424. The highest BCUT2D eigenvalue weighted by atomic mass is 16.3. The topological polar surface area (TPSA) is 20.2 Å². The minimum absolute atomic E-state index is 0.0794. The van der Waals surface area contributed by atoms with Gasteiger partial charge in [0.2, 0.25) is 0 Å². The van der Waals surface area contributed by atoms with Crippen LogP contribution in [0.4, 0.5) is 0 Å². The molecule has 8 unspecified atom stereocenters. The van der Waals surface area contributed by atoms with Gasteiger partial charge in [0.1, 0.15) is 0 Å². The maximum Gasteiger partial charge on any atom is 0.0569 e. The van der Waals surface area contributed by atoms with Crippen molar-refractivity contribution in [2.75, 3.05) is 0 Å². The van der Waals surface area contributed by atoms with Crippen molar-refractivity contribution in [3.8, 4) is 0 Å². The summed E-state index contributed by atoms with van der Waals surface area (Å²) in [6.45, 7) is 19.8. The summed E-state index contributed by atoms with van der Waals surface area (Å²) in [5.41, 5.74) is 6.60. The molecule has 1 nitrogen and oxygen atoms in total. The summed E-state index contributed by atoms with van der Waals surface area (Å²) in [6.07, 6.45) is 15.3. The van der Waals surface area contributed by atoms with Crippen molar-refractivity contribution in [3.05, 3.63) is 22.8 Å². The van der Waals surface area contributed by atoms with Gasteiger partial charge in [0, 0.05) is 0 Å². The van der Waals surface area contributed by atoms with E-state index in [-0.39, 0.29) is 6.10 Å². The zero-order valence-electron chi connectivity index (χ0n) is 22.6. The Bertz CT molecular complexity index is 773. The molecule has 182 valence electrons. The first-order valence-electron chi connectivity index (χ1n) is 14.1. The number of aliphatic hydroxyl groups excluding tert-OH is 1. The Hall–Kier alpha value is -0.560. The van der Waals surface area contributed by atoms with Crippen LogP contribution >= 0.6 is 0 Å². The Labute approximate surface area is 199 Å². The average Bonchev–Trinajstić information content (AvgIpc) is 3.02. The number of fused-ring (bicyclic) bond motifs is 4. The molecule has 0 heterocycles.